The average molecular weight is 324 g/mol. The summed E-state index contributed by atoms with van der Waals surface area (Å²) in [6.45, 7) is 5.97. The smallest absolute Gasteiger partial charge is 0.123 e. The largest absolute Gasteiger partial charge is 0.358 e. The van der Waals surface area contributed by atoms with Crippen LogP contribution in [0.4, 0.5) is 0 Å². The number of nitrogens with zero attached hydrogens (tertiary/aromatic N) is 5. The summed E-state index contributed by atoms with van der Waals surface area (Å²) in [6.07, 6.45) is 5.76. The lowest BCUT2D eigenvalue weighted by atomic mass is 10.2. The Bertz CT molecular complexity index is 783. The number of likely N-dealkylation sites (N-methyl/N-ethyl adjacent to an activating group) is 1. The predicted octanol–water partition coefficient (Wildman–Crippen LogP) is 1.93. The van der Waals surface area contributed by atoms with Gasteiger partial charge >= 0.3 is 0 Å². The maximum absolute atomic E-state index is 3.87. The van der Waals surface area contributed by atoms with Gasteiger partial charge in [-0.2, -0.15) is 0 Å². The van der Waals surface area contributed by atoms with E-state index in [0.29, 0.717) is 0 Å². The summed E-state index contributed by atoms with van der Waals surface area (Å²) >= 11 is 0. The van der Waals surface area contributed by atoms with Crippen molar-refractivity contribution in [1.82, 2.24) is 29.5 Å². The van der Waals surface area contributed by atoms with E-state index < -0.39 is 0 Å². The molecule has 2 aromatic heterocycles. The number of H-pyrrole nitrogens is 1. The Hall–Kier alpha value is -2.18. The maximum atomic E-state index is 3.87. The van der Waals surface area contributed by atoms with Gasteiger partial charge in [0.25, 0.3) is 0 Å². The molecule has 1 N–H and O–H groups in total. The van der Waals surface area contributed by atoms with Crippen molar-refractivity contribution in [2.24, 2.45) is 0 Å². The summed E-state index contributed by atoms with van der Waals surface area (Å²) < 4.78 is 1.93. The van der Waals surface area contributed by atoms with Gasteiger partial charge in [0, 0.05) is 48.5 Å². The van der Waals surface area contributed by atoms with Gasteiger partial charge in [0.1, 0.15) is 12.7 Å². The lowest BCUT2D eigenvalue weighted by Gasteiger charge is -2.32. The molecule has 6 nitrogen and oxygen atoms in total. The van der Waals surface area contributed by atoms with E-state index in [1.165, 1.54) is 55.7 Å². The van der Waals surface area contributed by atoms with Crippen LogP contribution in [0.5, 0.6) is 0 Å². The normalized spacial score (nSPS) is 16.9. The summed E-state index contributed by atoms with van der Waals surface area (Å²) in [5, 5.41) is 8.99. The number of fused-ring (bicyclic) bond motifs is 1. The van der Waals surface area contributed by atoms with Crippen LogP contribution in [0.25, 0.3) is 16.6 Å². The summed E-state index contributed by atoms with van der Waals surface area (Å²) in [4.78, 5) is 8.53. The molecule has 1 aliphatic heterocycles. The molecule has 6 heteroatoms. The molecule has 4 rings (SSSR count). The average Bonchev–Trinajstić information content (AvgIpc) is 3.25. The van der Waals surface area contributed by atoms with E-state index >= 15 is 0 Å². The Kier molecular flexibility index (Phi) is 4.32. The van der Waals surface area contributed by atoms with Crippen molar-refractivity contribution >= 4 is 10.9 Å². The van der Waals surface area contributed by atoms with Crippen LogP contribution in [0.3, 0.4) is 0 Å². The minimum atomic E-state index is 1.09. The molecule has 1 saturated heterocycles. The van der Waals surface area contributed by atoms with Gasteiger partial charge in [0.2, 0.25) is 0 Å². The van der Waals surface area contributed by atoms with E-state index in [0.717, 1.165) is 12.1 Å². The van der Waals surface area contributed by atoms with Crippen LogP contribution < -0.4 is 0 Å². The fourth-order valence-electron chi connectivity index (χ4n) is 3.37. The highest BCUT2D eigenvalue weighted by Gasteiger charge is 2.13. The third kappa shape index (κ3) is 3.34. The fourth-order valence-corrected chi connectivity index (χ4v) is 3.37. The molecule has 0 amide bonds. The summed E-state index contributed by atoms with van der Waals surface area (Å²) in [7, 11) is 2.20. The first-order valence-corrected chi connectivity index (χ1v) is 8.65. The summed E-state index contributed by atoms with van der Waals surface area (Å²) in [5.41, 5.74) is 3.61. The van der Waals surface area contributed by atoms with Crippen molar-refractivity contribution < 1.29 is 0 Å². The summed E-state index contributed by atoms with van der Waals surface area (Å²) in [6, 6.07) is 8.68. The topological polar surface area (TPSA) is 53.0 Å². The standard InChI is InChI=1S/C18H24N6/c1-22-7-9-23(10-8-22)6-2-3-16-11-15-12-17(4-5-18(15)21-16)24-13-19-20-14-24/h4-5,11-14,21H,2-3,6-10H2,1H3. The van der Waals surface area contributed by atoms with Crippen LogP contribution >= 0.6 is 0 Å². The van der Waals surface area contributed by atoms with E-state index in [2.05, 4.69) is 56.3 Å². The molecule has 0 saturated carbocycles. The van der Waals surface area contributed by atoms with Gasteiger partial charge < -0.3 is 14.8 Å². The van der Waals surface area contributed by atoms with Crippen LogP contribution in [0.1, 0.15) is 12.1 Å². The molecule has 0 bridgehead atoms. The van der Waals surface area contributed by atoms with Crippen molar-refractivity contribution in [3.8, 4) is 5.69 Å². The van der Waals surface area contributed by atoms with Crippen molar-refractivity contribution in [2.45, 2.75) is 12.8 Å². The third-order valence-corrected chi connectivity index (χ3v) is 4.89. The predicted molar refractivity (Wildman–Crippen MR) is 95.5 cm³/mol. The molecule has 24 heavy (non-hydrogen) atoms. The summed E-state index contributed by atoms with van der Waals surface area (Å²) in [5.74, 6) is 0. The number of nitrogens with one attached hydrogen (secondary N) is 1. The van der Waals surface area contributed by atoms with Gasteiger partial charge in [0.05, 0.1) is 0 Å². The number of aryl methyl sites for hydroxylation is 1. The van der Waals surface area contributed by atoms with Crippen molar-refractivity contribution in [3.63, 3.8) is 0 Å². The minimum Gasteiger partial charge on any atom is -0.358 e. The van der Waals surface area contributed by atoms with Crippen molar-refractivity contribution in [1.29, 1.82) is 0 Å². The van der Waals surface area contributed by atoms with Gasteiger partial charge in [0.15, 0.2) is 0 Å². The Labute approximate surface area is 142 Å². The zero-order valence-electron chi connectivity index (χ0n) is 14.1. The Balaban J connectivity index is 1.38. The molecule has 0 atom stereocenters. The maximum Gasteiger partial charge on any atom is 0.123 e. The fraction of sp³-hybridized carbons (Fsp3) is 0.444. The molecule has 1 aliphatic rings. The zero-order valence-corrected chi connectivity index (χ0v) is 14.1. The van der Waals surface area contributed by atoms with E-state index in [1.807, 2.05) is 4.57 Å². The minimum absolute atomic E-state index is 1.09. The number of piperazine rings is 1. The first-order valence-electron chi connectivity index (χ1n) is 8.65. The van der Waals surface area contributed by atoms with E-state index in [9.17, 15) is 0 Å². The molecule has 126 valence electrons. The Morgan fingerprint density at radius 2 is 1.83 bits per heavy atom. The number of rotatable bonds is 5. The van der Waals surface area contributed by atoms with Crippen LogP contribution in [-0.4, -0.2) is 69.3 Å². The molecular weight excluding hydrogens is 300 g/mol. The van der Waals surface area contributed by atoms with Crippen LogP contribution in [0.2, 0.25) is 0 Å². The van der Waals surface area contributed by atoms with E-state index in [1.54, 1.807) is 12.7 Å². The van der Waals surface area contributed by atoms with Crippen molar-refractivity contribution in [3.05, 3.63) is 42.6 Å². The monoisotopic (exact) mass is 324 g/mol. The number of aromatic nitrogens is 4. The zero-order chi connectivity index (χ0) is 16.4. The third-order valence-electron chi connectivity index (χ3n) is 4.89. The van der Waals surface area contributed by atoms with Crippen LogP contribution in [-0.2, 0) is 6.42 Å². The number of hydrogen-bond acceptors (Lipinski definition) is 4. The highest BCUT2D eigenvalue weighted by atomic mass is 15.2. The second-order valence-corrected chi connectivity index (χ2v) is 6.68. The first kappa shape index (κ1) is 15.4. The Morgan fingerprint density at radius 1 is 1.04 bits per heavy atom. The second-order valence-electron chi connectivity index (χ2n) is 6.68. The molecule has 0 aliphatic carbocycles. The Morgan fingerprint density at radius 3 is 2.62 bits per heavy atom. The van der Waals surface area contributed by atoms with Gasteiger partial charge in [-0.25, -0.2) is 0 Å². The molecule has 1 aromatic carbocycles. The molecular formula is C18H24N6. The number of benzene rings is 1. The van der Waals surface area contributed by atoms with Gasteiger partial charge in [-0.15, -0.1) is 10.2 Å². The van der Waals surface area contributed by atoms with Crippen LogP contribution in [0.15, 0.2) is 36.9 Å². The van der Waals surface area contributed by atoms with Gasteiger partial charge in [-0.05, 0) is 50.7 Å². The lowest BCUT2D eigenvalue weighted by Crippen LogP contribution is -2.44. The molecule has 0 unspecified atom stereocenters. The van der Waals surface area contributed by atoms with Gasteiger partial charge in [-0.1, -0.05) is 0 Å². The number of aromatic amines is 1. The highest BCUT2D eigenvalue weighted by Crippen LogP contribution is 2.20. The SMILES string of the molecule is CN1CCN(CCCc2cc3cc(-n4cnnc4)ccc3[nH]2)CC1. The number of hydrogen-bond donors (Lipinski definition) is 1. The van der Waals surface area contributed by atoms with E-state index in [4.69, 9.17) is 0 Å². The van der Waals surface area contributed by atoms with Gasteiger partial charge in [-0.3, -0.25) is 4.57 Å². The van der Waals surface area contributed by atoms with E-state index in [-0.39, 0.29) is 0 Å². The lowest BCUT2D eigenvalue weighted by molar-refractivity contribution is 0.153. The molecule has 1 fully saturated rings. The van der Waals surface area contributed by atoms with Crippen LogP contribution in [0, 0.1) is 0 Å². The highest BCUT2D eigenvalue weighted by molar-refractivity contribution is 5.82. The first-order chi connectivity index (χ1) is 11.8. The van der Waals surface area contributed by atoms with Crippen molar-refractivity contribution in [2.75, 3.05) is 39.8 Å². The quantitative estimate of drug-likeness (QED) is 0.779. The molecule has 3 heterocycles. The molecule has 3 aromatic rings. The molecule has 0 spiro atoms. The second kappa shape index (κ2) is 6.75. The molecule has 0 radical (unpaired) electrons.